The molecule has 8 nitrogen and oxygen atoms in total. The highest BCUT2D eigenvalue weighted by atomic mass is 16.5. The molecule has 3 amide bonds. The predicted octanol–water partition coefficient (Wildman–Crippen LogP) is 3.54. The number of hydrogen-bond donors (Lipinski definition) is 3. The number of ether oxygens (including phenoxy) is 1. The number of phenols is 1. The second-order valence-corrected chi connectivity index (χ2v) is 8.83. The molecule has 0 bridgehead atoms. The van der Waals surface area contributed by atoms with Crippen LogP contribution in [0.4, 0.5) is 5.69 Å². The van der Waals surface area contributed by atoms with E-state index in [1.807, 2.05) is 18.2 Å². The van der Waals surface area contributed by atoms with Gasteiger partial charge in [0.15, 0.2) is 0 Å². The van der Waals surface area contributed by atoms with E-state index in [0.717, 1.165) is 11.1 Å². The van der Waals surface area contributed by atoms with Gasteiger partial charge in [-0.25, -0.2) is 0 Å². The van der Waals surface area contributed by atoms with Gasteiger partial charge in [-0.1, -0.05) is 30.4 Å². The van der Waals surface area contributed by atoms with E-state index in [1.54, 1.807) is 67.8 Å². The van der Waals surface area contributed by atoms with Crippen LogP contribution in [0.2, 0.25) is 0 Å². The molecule has 0 radical (unpaired) electrons. The summed E-state index contributed by atoms with van der Waals surface area (Å²) in [6.45, 7) is 0.242. The minimum Gasteiger partial charge on any atom is -0.508 e. The smallest absolute Gasteiger partial charge is 0.256 e. The molecular formula is C28H25N3O5. The number of carbonyl (C=O) groups is 3. The molecule has 0 spiro atoms. The lowest BCUT2D eigenvalue weighted by Gasteiger charge is -2.20. The summed E-state index contributed by atoms with van der Waals surface area (Å²) < 4.78 is 5.13. The summed E-state index contributed by atoms with van der Waals surface area (Å²) in [7, 11) is 1.56. The number of phenolic OH excluding ortho intramolecular Hbond substituents is 1. The highest BCUT2D eigenvalue weighted by Crippen LogP contribution is 2.30. The second kappa shape index (κ2) is 9.58. The molecule has 2 heterocycles. The molecule has 0 aromatic heterocycles. The molecule has 3 N–H and O–H groups in total. The summed E-state index contributed by atoms with van der Waals surface area (Å²) in [5.74, 6) is 0.0523. The van der Waals surface area contributed by atoms with Crippen molar-refractivity contribution >= 4 is 35.6 Å². The van der Waals surface area contributed by atoms with Gasteiger partial charge in [0.2, 0.25) is 5.91 Å². The van der Waals surface area contributed by atoms with Gasteiger partial charge < -0.3 is 25.4 Å². The number of anilines is 1. The van der Waals surface area contributed by atoms with Gasteiger partial charge in [0, 0.05) is 18.2 Å². The lowest BCUT2D eigenvalue weighted by atomic mass is 10.1. The molecule has 2 aliphatic heterocycles. The van der Waals surface area contributed by atoms with E-state index in [2.05, 4.69) is 10.6 Å². The maximum atomic E-state index is 13.5. The standard InChI is InChI=1S/C28H25N3O5/c1-36-22-11-7-19(8-12-22)26(33)29-20-15-25-27(34)30-24-13-6-18(14-23(24)28(35)31(25)16-20)3-2-17-4-9-21(32)10-5-17/h2-14,20,25,32H,15-16H2,1H3,(H,29,33)(H,30,34)/t20-,25-/m1/s1. The number of fused-ring (bicyclic) bond motifs is 2. The van der Waals surface area contributed by atoms with Crippen LogP contribution in [0.15, 0.2) is 66.7 Å². The monoisotopic (exact) mass is 483 g/mol. The van der Waals surface area contributed by atoms with Crippen LogP contribution in [0.1, 0.15) is 38.3 Å². The molecule has 5 rings (SSSR count). The van der Waals surface area contributed by atoms with E-state index in [4.69, 9.17) is 4.74 Å². The molecule has 0 unspecified atom stereocenters. The fourth-order valence-corrected chi connectivity index (χ4v) is 4.52. The van der Waals surface area contributed by atoms with E-state index < -0.39 is 6.04 Å². The number of nitrogens with one attached hydrogen (secondary N) is 2. The zero-order valence-electron chi connectivity index (χ0n) is 19.6. The fraction of sp³-hybridized carbons (Fsp3) is 0.179. The Hall–Kier alpha value is -4.59. The van der Waals surface area contributed by atoms with Gasteiger partial charge in [-0.15, -0.1) is 0 Å². The number of nitrogens with zero attached hydrogens (tertiary/aromatic N) is 1. The minimum absolute atomic E-state index is 0.192. The van der Waals surface area contributed by atoms with Gasteiger partial charge in [-0.05, 0) is 66.1 Å². The van der Waals surface area contributed by atoms with Crippen LogP contribution in [-0.2, 0) is 4.79 Å². The van der Waals surface area contributed by atoms with Gasteiger partial charge in [-0.2, -0.15) is 0 Å². The SMILES string of the molecule is COc1ccc(C(=O)N[C@@H]2C[C@@H]3C(=O)Nc4ccc(C=Cc5ccc(O)cc5)cc4C(=O)N3C2)cc1. The Morgan fingerprint density at radius 2 is 1.72 bits per heavy atom. The summed E-state index contributed by atoms with van der Waals surface area (Å²) in [4.78, 5) is 40.6. The van der Waals surface area contributed by atoms with Crippen molar-refractivity contribution in [2.24, 2.45) is 0 Å². The minimum atomic E-state index is -0.665. The normalized spacial score (nSPS) is 18.9. The first-order valence-corrected chi connectivity index (χ1v) is 11.6. The molecule has 1 fully saturated rings. The van der Waals surface area contributed by atoms with E-state index in [1.165, 1.54) is 4.90 Å². The molecule has 8 heteroatoms. The highest BCUT2D eigenvalue weighted by Gasteiger charge is 2.43. The van der Waals surface area contributed by atoms with Crippen molar-refractivity contribution in [2.75, 3.05) is 19.0 Å². The van der Waals surface area contributed by atoms with E-state index in [0.29, 0.717) is 29.0 Å². The number of aromatic hydroxyl groups is 1. The number of carbonyl (C=O) groups excluding carboxylic acids is 3. The Morgan fingerprint density at radius 1 is 1.03 bits per heavy atom. The molecule has 2 aliphatic rings. The molecule has 0 saturated carbocycles. The van der Waals surface area contributed by atoms with Crippen LogP contribution in [0.3, 0.4) is 0 Å². The van der Waals surface area contributed by atoms with Crippen LogP contribution < -0.4 is 15.4 Å². The van der Waals surface area contributed by atoms with Crippen molar-refractivity contribution in [3.05, 3.63) is 89.0 Å². The van der Waals surface area contributed by atoms with Crippen molar-refractivity contribution in [2.45, 2.75) is 18.5 Å². The molecule has 3 aromatic rings. The van der Waals surface area contributed by atoms with Gasteiger partial charge in [0.1, 0.15) is 17.5 Å². The van der Waals surface area contributed by atoms with E-state index >= 15 is 0 Å². The number of rotatable bonds is 5. The molecule has 0 aliphatic carbocycles. The molecule has 2 atom stereocenters. The summed E-state index contributed by atoms with van der Waals surface area (Å²) >= 11 is 0. The van der Waals surface area contributed by atoms with Crippen LogP contribution in [0.25, 0.3) is 12.2 Å². The second-order valence-electron chi connectivity index (χ2n) is 8.83. The topological polar surface area (TPSA) is 108 Å². The van der Waals surface area contributed by atoms with Crippen molar-refractivity contribution in [1.29, 1.82) is 0 Å². The zero-order chi connectivity index (χ0) is 25.2. The number of hydrogen-bond acceptors (Lipinski definition) is 5. The lowest BCUT2D eigenvalue weighted by Crippen LogP contribution is -2.41. The summed E-state index contributed by atoms with van der Waals surface area (Å²) in [5.41, 5.74) is 3.05. The Balaban J connectivity index is 1.32. The van der Waals surface area contributed by atoms with Crippen LogP contribution in [-0.4, -0.2) is 53.5 Å². The third-order valence-electron chi connectivity index (χ3n) is 6.45. The zero-order valence-corrected chi connectivity index (χ0v) is 19.6. The van der Waals surface area contributed by atoms with E-state index in [9.17, 15) is 19.5 Å². The Morgan fingerprint density at radius 3 is 2.44 bits per heavy atom. The van der Waals surface area contributed by atoms with Crippen LogP contribution in [0.5, 0.6) is 11.5 Å². The highest BCUT2D eigenvalue weighted by molar-refractivity contribution is 6.10. The number of amides is 3. The summed E-state index contributed by atoms with van der Waals surface area (Å²) in [5, 5.41) is 15.3. The maximum absolute atomic E-state index is 13.5. The summed E-state index contributed by atoms with van der Waals surface area (Å²) in [6, 6.07) is 17.8. The van der Waals surface area contributed by atoms with E-state index in [-0.39, 0.29) is 36.1 Å². The largest absolute Gasteiger partial charge is 0.508 e. The third-order valence-corrected chi connectivity index (χ3v) is 6.45. The first kappa shape index (κ1) is 23.2. The first-order valence-electron chi connectivity index (χ1n) is 11.6. The quantitative estimate of drug-likeness (QED) is 0.481. The molecule has 1 saturated heterocycles. The van der Waals surface area contributed by atoms with Crippen molar-refractivity contribution < 1.29 is 24.2 Å². The van der Waals surface area contributed by atoms with Crippen LogP contribution in [0, 0.1) is 0 Å². The van der Waals surface area contributed by atoms with Gasteiger partial charge in [0.05, 0.1) is 18.4 Å². The lowest BCUT2D eigenvalue weighted by molar-refractivity contribution is -0.119. The molecule has 36 heavy (non-hydrogen) atoms. The maximum Gasteiger partial charge on any atom is 0.256 e. The molecular weight excluding hydrogens is 458 g/mol. The van der Waals surface area contributed by atoms with Crippen LogP contribution >= 0.6 is 0 Å². The van der Waals surface area contributed by atoms with Gasteiger partial charge in [0.25, 0.3) is 11.8 Å². The van der Waals surface area contributed by atoms with Crippen molar-refractivity contribution in [3.8, 4) is 11.5 Å². The Labute approximate surface area is 208 Å². The summed E-state index contributed by atoms with van der Waals surface area (Å²) in [6.07, 6.45) is 4.08. The van der Waals surface area contributed by atoms with Gasteiger partial charge in [-0.3, -0.25) is 14.4 Å². The third kappa shape index (κ3) is 4.65. The Kier molecular flexibility index (Phi) is 6.16. The number of benzene rings is 3. The van der Waals surface area contributed by atoms with Gasteiger partial charge >= 0.3 is 0 Å². The average Bonchev–Trinajstić information content (AvgIpc) is 3.29. The average molecular weight is 484 g/mol. The van der Waals surface area contributed by atoms with Crippen molar-refractivity contribution in [3.63, 3.8) is 0 Å². The first-order chi connectivity index (χ1) is 17.4. The number of methoxy groups -OCH3 is 1. The van der Waals surface area contributed by atoms with Crippen molar-refractivity contribution in [1.82, 2.24) is 10.2 Å². The predicted molar refractivity (Wildman–Crippen MR) is 136 cm³/mol. The molecule has 3 aromatic carbocycles. The fourth-order valence-electron chi connectivity index (χ4n) is 4.52. The Bertz CT molecular complexity index is 1350. The molecule has 182 valence electrons.